The van der Waals surface area contributed by atoms with Crippen molar-refractivity contribution in [3.8, 4) is 28.8 Å². The molecule has 194 valence electrons. The largest absolute Gasteiger partial charge is 0.493 e. The molecule has 0 saturated heterocycles. The molecule has 6 rings (SSSR count). The predicted octanol–water partition coefficient (Wildman–Crippen LogP) is 3.95. The van der Waals surface area contributed by atoms with Crippen LogP contribution in [0.3, 0.4) is 0 Å². The van der Waals surface area contributed by atoms with Crippen LogP contribution >= 0.6 is 0 Å². The van der Waals surface area contributed by atoms with Gasteiger partial charge in [0.2, 0.25) is 0 Å². The van der Waals surface area contributed by atoms with Crippen molar-refractivity contribution >= 4 is 17.6 Å². The molecule has 0 radical (unpaired) electrons. The van der Waals surface area contributed by atoms with E-state index in [0.29, 0.717) is 51.7 Å². The van der Waals surface area contributed by atoms with Crippen LogP contribution in [0.2, 0.25) is 0 Å². The molecule has 1 aromatic carbocycles. The highest BCUT2D eigenvalue weighted by atomic mass is 19.1. The number of benzene rings is 1. The first kappa shape index (κ1) is 23.7. The van der Waals surface area contributed by atoms with E-state index in [9.17, 15) is 10.1 Å². The highest BCUT2D eigenvalue weighted by Gasteiger charge is 2.37. The van der Waals surface area contributed by atoms with Crippen molar-refractivity contribution in [2.75, 3.05) is 18.1 Å². The third kappa shape index (κ3) is 3.70. The van der Waals surface area contributed by atoms with Crippen LogP contribution in [-0.4, -0.2) is 49.3 Å². The number of hydrogen-bond donors (Lipinski definition) is 0. The van der Waals surface area contributed by atoms with Gasteiger partial charge in [-0.15, -0.1) is 10.2 Å². The van der Waals surface area contributed by atoms with Crippen LogP contribution in [-0.2, 0) is 18.3 Å². The minimum atomic E-state index is -0.817. The number of carbonyl (C=O) groups excluding carboxylic acids is 1. The zero-order chi connectivity index (χ0) is 26.8. The lowest BCUT2D eigenvalue weighted by Gasteiger charge is -2.29. The van der Waals surface area contributed by atoms with Crippen molar-refractivity contribution < 1.29 is 23.4 Å². The quantitative estimate of drug-likeness (QED) is 0.372. The van der Waals surface area contributed by atoms with Crippen molar-refractivity contribution in [2.24, 2.45) is 7.05 Å². The van der Waals surface area contributed by atoms with Crippen molar-refractivity contribution in [1.82, 2.24) is 24.4 Å². The minimum Gasteiger partial charge on any atom is -0.493 e. The molecule has 3 aromatic heterocycles. The molecule has 4 aromatic rings. The standard InChI is InChI=1S/C26H24FN7O4/c1-26(2,3)38-25(35)33-10-17-18(27)5-6-19-21(17)15(11-36-19)12-37-20-7-16(22-14(8-28)9-30-32(22)4)23-31-29-13-34(23)24(20)33/h5-7,9,13,15H,10-12H2,1-4H3. The zero-order valence-corrected chi connectivity index (χ0v) is 21.2. The van der Waals surface area contributed by atoms with Gasteiger partial charge in [0.1, 0.15) is 29.6 Å². The third-order valence-corrected chi connectivity index (χ3v) is 6.56. The number of rotatable bonds is 1. The van der Waals surface area contributed by atoms with E-state index in [1.54, 1.807) is 49.0 Å². The van der Waals surface area contributed by atoms with Crippen LogP contribution < -0.4 is 14.4 Å². The molecule has 1 atom stereocenters. The normalized spacial score (nSPS) is 16.4. The van der Waals surface area contributed by atoms with E-state index in [2.05, 4.69) is 21.4 Å². The van der Waals surface area contributed by atoms with Crippen LogP contribution in [0.5, 0.6) is 11.5 Å². The van der Waals surface area contributed by atoms with Gasteiger partial charge in [-0.1, -0.05) is 0 Å². The number of nitriles is 1. The summed E-state index contributed by atoms with van der Waals surface area (Å²) in [5.41, 5.74) is 1.94. The lowest BCUT2D eigenvalue weighted by Crippen LogP contribution is -2.38. The minimum absolute atomic E-state index is 0.137. The third-order valence-electron chi connectivity index (χ3n) is 6.56. The van der Waals surface area contributed by atoms with E-state index in [0.717, 1.165) is 0 Å². The van der Waals surface area contributed by atoms with E-state index in [1.807, 2.05) is 0 Å². The van der Waals surface area contributed by atoms with Crippen molar-refractivity contribution in [2.45, 2.75) is 38.8 Å². The van der Waals surface area contributed by atoms with Gasteiger partial charge in [0.05, 0.1) is 48.7 Å². The van der Waals surface area contributed by atoms with Crippen molar-refractivity contribution in [1.29, 1.82) is 5.26 Å². The van der Waals surface area contributed by atoms with Gasteiger partial charge in [-0.2, -0.15) is 10.4 Å². The van der Waals surface area contributed by atoms with Crippen LogP contribution in [0.1, 0.15) is 43.4 Å². The first-order valence-electron chi connectivity index (χ1n) is 12.0. The lowest BCUT2D eigenvalue weighted by molar-refractivity contribution is 0.0574. The van der Waals surface area contributed by atoms with Crippen LogP contribution in [0.15, 0.2) is 30.7 Å². The first-order chi connectivity index (χ1) is 18.2. The van der Waals surface area contributed by atoms with Gasteiger partial charge in [0, 0.05) is 18.2 Å². The number of aryl methyl sites for hydroxylation is 1. The lowest BCUT2D eigenvalue weighted by atomic mass is 9.95. The maximum Gasteiger partial charge on any atom is 0.416 e. The fraction of sp³-hybridized carbons (Fsp3) is 0.346. The van der Waals surface area contributed by atoms with E-state index < -0.39 is 17.5 Å². The fourth-order valence-electron chi connectivity index (χ4n) is 4.98. The summed E-state index contributed by atoms with van der Waals surface area (Å²) in [6, 6.07) is 6.80. The number of carbonyl (C=O) groups is 1. The fourth-order valence-corrected chi connectivity index (χ4v) is 4.98. The molecule has 1 amide bonds. The molecule has 0 fully saturated rings. The monoisotopic (exact) mass is 517 g/mol. The molecule has 12 heteroatoms. The predicted molar refractivity (Wildman–Crippen MR) is 132 cm³/mol. The number of pyridine rings is 1. The summed E-state index contributed by atoms with van der Waals surface area (Å²) in [6.45, 7) is 5.62. The number of ether oxygens (including phenoxy) is 3. The van der Waals surface area contributed by atoms with E-state index in [4.69, 9.17) is 14.2 Å². The number of anilines is 1. The van der Waals surface area contributed by atoms with E-state index in [1.165, 1.54) is 23.5 Å². The van der Waals surface area contributed by atoms with Gasteiger partial charge in [0.25, 0.3) is 0 Å². The number of nitrogens with zero attached hydrogens (tertiary/aromatic N) is 7. The molecule has 0 bridgehead atoms. The van der Waals surface area contributed by atoms with Gasteiger partial charge in [-0.25, -0.2) is 9.18 Å². The Bertz CT molecular complexity index is 1650. The summed E-state index contributed by atoms with van der Waals surface area (Å²) in [7, 11) is 1.72. The number of hydrogen-bond acceptors (Lipinski definition) is 8. The Labute approximate surface area is 217 Å². The molecule has 2 aliphatic rings. The Hall–Kier alpha value is -4.66. The molecule has 0 spiro atoms. The Balaban J connectivity index is 1.62. The number of fused-ring (bicyclic) bond motifs is 3. The average Bonchev–Trinajstić information content (AvgIpc) is 3.59. The van der Waals surface area contributed by atoms with Crippen LogP contribution in [0.4, 0.5) is 15.0 Å². The Morgan fingerprint density at radius 2 is 2.00 bits per heavy atom. The summed E-state index contributed by atoms with van der Waals surface area (Å²) >= 11 is 0. The van der Waals surface area contributed by atoms with Crippen molar-refractivity contribution in [3.63, 3.8) is 0 Å². The number of aromatic nitrogens is 5. The summed E-state index contributed by atoms with van der Waals surface area (Å²) in [5.74, 6) is 0.440. The SMILES string of the molecule is Cn1ncc(C#N)c1-c1cc2c(n3cnnc13)N(C(=O)OC(C)(C)C)Cc1c(F)ccc3c1C(CO3)CO2. The van der Waals surface area contributed by atoms with Gasteiger partial charge in [-0.05, 0) is 39.0 Å². The van der Waals surface area contributed by atoms with Crippen LogP contribution in [0.25, 0.3) is 16.9 Å². The molecule has 1 unspecified atom stereocenters. The molecule has 2 aliphatic heterocycles. The molecule has 0 aliphatic carbocycles. The zero-order valence-electron chi connectivity index (χ0n) is 21.2. The second kappa shape index (κ2) is 8.44. The topological polar surface area (TPSA) is 120 Å². The molecule has 11 nitrogen and oxygen atoms in total. The molecular weight excluding hydrogens is 493 g/mol. The smallest absolute Gasteiger partial charge is 0.416 e. The molecule has 0 N–H and O–H groups in total. The number of amides is 1. The molecular formula is C26H24FN7O4. The molecule has 5 heterocycles. The number of halogens is 1. The van der Waals surface area contributed by atoms with Crippen molar-refractivity contribution in [3.05, 3.63) is 53.2 Å². The summed E-state index contributed by atoms with van der Waals surface area (Å²) in [6.07, 6.45) is 2.21. The summed E-state index contributed by atoms with van der Waals surface area (Å²) in [4.78, 5) is 15.0. The maximum absolute atomic E-state index is 15.3. The Kier molecular flexibility index (Phi) is 5.27. The molecule has 0 saturated carbocycles. The van der Waals surface area contributed by atoms with Crippen LogP contribution in [0, 0.1) is 17.1 Å². The Morgan fingerprint density at radius 1 is 1.24 bits per heavy atom. The Morgan fingerprint density at radius 3 is 2.74 bits per heavy atom. The van der Waals surface area contributed by atoms with E-state index in [-0.39, 0.29) is 24.9 Å². The summed E-state index contributed by atoms with van der Waals surface area (Å²) < 4.78 is 36.4. The van der Waals surface area contributed by atoms with E-state index >= 15 is 4.39 Å². The second-order valence-electron chi connectivity index (χ2n) is 10.2. The average molecular weight is 518 g/mol. The van der Waals surface area contributed by atoms with Gasteiger partial charge >= 0.3 is 6.09 Å². The first-order valence-corrected chi connectivity index (χ1v) is 12.0. The maximum atomic E-state index is 15.3. The second-order valence-corrected chi connectivity index (χ2v) is 10.2. The van der Waals surface area contributed by atoms with Gasteiger partial charge < -0.3 is 14.2 Å². The van der Waals surface area contributed by atoms with Gasteiger partial charge in [-0.3, -0.25) is 14.0 Å². The van der Waals surface area contributed by atoms with Gasteiger partial charge in [0.15, 0.2) is 17.2 Å². The highest BCUT2D eigenvalue weighted by Crippen LogP contribution is 2.44. The highest BCUT2D eigenvalue weighted by molar-refractivity contribution is 5.92. The summed E-state index contributed by atoms with van der Waals surface area (Å²) in [5, 5.41) is 22.3. The molecule has 38 heavy (non-hydrogen) atoms.